The summed E-state index contributed by atoms with van der Waals surface area (Å²) in [5.41, 5.74) is 1.61. The number of fused-ring (bicyclic) bond motifs is 1. The van der Waals surface area contributed by atoms with Gasteiger partial charge in [-0.2, -0.15) is 0 Å². The van der Waals surface area contributed by atoms with Crippen molar-refractivity contribution in [1.29, 1.82) is 0 Å². The first-order valence-electron chi connectivity index (χ1n) is 7.03. The van der Waals surface area contributed by atoms with E-state index in [1.807, 2.05) is 13.0 Å². The lowest BCUT2D eigenvalue weighted by Gasteiger charge is -2.10. The first-order chi connectivity index (χ1) is 11.1. The second kappa shape index (κ2) is 5.92. The van der Waals surface area contributed by atoms with Gasteiger partial charge in [-0.05, 0) is 36.8 Å². The third-order valence-electron chi connectivity index (χ3n) is 3.43. The highest BCUT2D eigenvalue weighted by atomic mass is 16.5. The Morgan fingerprint density at radius 1 is 1.22 bits per heavy atom. The summed E-state index contributed by atoms with van der Waals surface area (Å²) in [4.78, 5) is 31.1. The van der Waals surface area contributed by atoms with Gasteiger partial charge >= 0.3 is 0 Å². The third-order valence-corrected chi connectivity index (χ3v) is 3.43. The van der Waals surface area contributed by atoms with E-state index in [9.17, 15) is 9.59 Å². The molecule has 3 aromatic rings. The lowest BCUT2D eigenvalue weighted by atomic mass is 10.2. The number of nitrogens with one attached hydrogen (secondary N) is 2. The molecule has 0 aliphatic rings. The maximum Gasteiger partial charge on any atom is 0.291 e. The molecule has 0 saturated carbocycles. The summed E-state index contributed by atoms with van der Waals surface area (Å²) in [6.45, 7) is 1.91. The molecule has 0 saturated heterocycles. The van der Waals surface area contributed by atoms with Crippen molar-refractivity contribution in [3.8, 4) is 5.75 Å². The SMILES string of the molecule is COc1ccc(C)cc1NC(=O)c1nc2ccccc2c(=O)[nH]1. The van der Waals surface area contributed by atoms with Gasteiger partial charge in [0.1, 0.15) is 5.75 Å². The van der Waals surface area contributed by atoms with Crippen LogP contribution in [0.4, 0.5) is 5.69 Å². The van der Waals surface area contributed by atoms with Crippen LogP contribution >= 0.6 is 0 Å². The molecule has 116 valence electrons. The molecule has 6 heteroatoms. The quantitative estimate of drug-likeness (QED) is 0.778. The molecule has 0 aliphatic carbocycles. The average molecular weight is 309 g/mol. The van der Waals surface area contributed by atoms with E-state index in [1.54, 1.807) is 36.4 Å². The minimum atomic E-state index is -0.503. The summed E-state index contributed by atoms with van der Waals surface area (Å²) in [6, 6.07) is 12.3. The van der Waals surface area contributed by atoms with Gasteiger partial charge in [0.2, 0.25) is 0 Å². The molecule has 6 nitrogen and oxygen atoms in total. The van der Waals surface area contributed by atoms with Crippen LogP contribution in [-0.2, 0) is 0 Å². The number of ether oxygens (including phenoxy) is 1. The van der Waals surface area contributed by atoms with Gasteiger partial charge in [0, 0.05) is 0 Å². The lowest BCUT2D eigenvalue weighted by Crippen LogP contribution is -2.21. The molecule has 0 bridgehead atoms. The predicted molar refractivity (Wildman–Crippen MR) is 88.0 cm³/mol. The van der Waals surface area contributed by atoms with E-state index in [1.165, 1.54) is 7.11 Å². The number of rotatable bonds is 3. The maximum atomic E-state index is 12.4. The number of nitrogens with zero attached hydrogens (tertiary/aromatic N) is 1. The van der Waals surface area contributed by atoms with Gasteiger partial charge in [-0.3, -0.25) is 9.59 Å². The van der Waals surface area contributed by atoms with Gasteiger partial charge in [0.15, 0.2) is 5.82 Å². The number of carbonyl (C=O) groups excluding carboxylic acids is 1. The largest absolute Gasteiger partial charge is 0.495 e. The van der Waals surface area contributed by atoms with E-state index in [0.29, 0.717) is 22.3 Å². The highest BCUT2D eigenvalue weighted by Gasteiger charge is 2.14. The number of anilines is 1. The molecule has 1 heterocycles. The highest BCUT2D eigenvalue weighted by Crippen LogP contribution is 2.25. The highest BCUT2D eigenvalue weighted by molar-refractivity contribution is 6.03. The summed E-state index contributed by atoms with van der Waals surface area (Å²) < 4.78 is 5.22. The number of aryl methyl sites for hydroxylation is 1. The second-order valence-electron chi connectivity index (χ2n) is 5.09. The Kier molecular flexibility index (Phi) is 3.80. The van der Waals surface area contributed by atoms with E-state index in [4.69, 9.17) is 4.74 Å². The van der Waals surface area contributed by atoms with Crippen molar-refractivity contribution in [3.05, 3.63) is 64.2 Å². The van der Waals surface area contributed by atoms with E-state index >= 15 is 0 Å². The van der Waals surface area contributed by atoms with Gasteiger partial charge in [-0.15, -0.1) is 0 Å². The molecule has 0 radical (unpaired) electrons. The first-order valence-corrected chi connectivity index (χ1v) is 7.03. The zero-order valence-corrected chi connectivity index (χ0v) is 12.7. The Labute approximate surface area is 132 Å². The molecule has 0 atom stereocenters. The topological polar surface area (TPSA) is 84.1 Å². The number of hydrogen-bond donors (Lipinski definition) is 2. The van der Waals surface area contributed by atoms with Gasteiger partial charge < -0.3 is 15.0 Å². The molecule has 0 fully saturated rings. The number of amides is 1. The fraction of sp³-hybridized carbons (Fsp3) is 0.118. The molecule has 0 unspecified atom stereocenters. The van der Waals surface area contributed by atoms with Crippen LogP contribution in [0.25, 0.3) is 10.9 Å². The van der Waals surface area contributed by atoms with Crippen molar-refractivity contribution in [3.63, 3.8) is 0 Å². The van der Waals surface area contributed by atoms with Crippen molar-refractivity contribution in [2.45, 2.75) is 6.92 Å². The lowest BCUT2D eigenvalue weighted by molar-refractivity contribution is 0.101. The first kappa shape index (κ1) is 14.8. The minimum Gasteiger partial charge on any atom is -0.495 e. The fourth-order valence-corrected chi connectivity index (χ4v) is 2.29. The summed E-state index contributed by atoms with van der Waals surface area (Å²) in [5.74, 6) is -0.0129. The molecule has 1 amide bonds. The Balaban J connectivity index is 1.98. The minimum absolute atomic E-state index is 0.0442. The number of methoxy groups -OCH3 is 1. The molecular formula is C17H15N3O3. The normalized spacial score (nSPS) is 10.5. The van der Waals surface area contributed by atoms with Crippen LogP contribution in [0.2, 0.25) is 0 Å². The molecule has 23 heavy (non-hydrogen) atoms. The number of aromatic amines is 1. The third kappa shape index (κ3) is 2.91. The number of benzene rings is 2. The summed E-state index contributed by atoms with van der Waals surface area (Å²) in [5, 5.41) is 3.16. The number of hydrogen-bond acceptors (Lipinski definition) is 4. The van der Waals surface area contributed by atoms with Crippen molar-refractivity contribution in [1.82, 2.24) is 9.97 Å². The van der Waals surface area contributed by atoms with Crippen LogP contribution in [0.3, 0.4) is 0 Å². The van der Waals surface area contributed by atoms with E-state index in [-0.39, 0.29) is 11.4 Å². The Hall–Kier alpha value is -3.15. The molecule has 3 rings (SSSR count). The Morgan fingerprint density at radius 3 is 2.78 bits per heavy atom. The molecule has 0 aliphatic heterocycles. The zero-order chi connectivity index (χ0) is 16.4. The number of para-hydroxylation sites is 1. The second-order valence-corrected chi connectivity index (χ2v) is 5.09. The van der Waals surface area contributed by atoms with Gasteiger partial charge in [-0.25, -0.2) is 4.98 Å². The van der Waals surface area contributed by atoms with Gasteiger partial charge in [0.05, 0.1) is 23.7 Å². The van der Waals surface area contributed by atoms with Crippen LogP contribution in [0.5, 0.6) is 5.75 Å². The van der Waals surface area contributed by atoms with Crippen molar-refractivity contribution in [2.75, 3.05) is 12.4 Å². The zero-order valence-electron chi connectivity index (χ0n) is 12.7. The summed E-state index contributed by atoms with van der Waals surface area (Å²) >= 11 is 0. The van der Waals surface area contributed by atoms with Crippen LogP contribution in [0, 0.1) is 6.92 Å². The standard InChI is InChI=1S/C17H15N3O3/c1-10-7-8-14(23-2)13(9-10)19-17(22)15-18-12-6-4-3-5-11(12)16(21)20-15/h3-9H,1-2H3,(H,19,22)(H,18,20,21). The maximum absolute atomic E-state index is 12.4. The average Bonchev–Trinajstić information content (AvgIpc) is 2.55. The molecule has 2 aromatic carbocycles. The summed E-state index contributed by atoms with van der Waals surface area (Å²) in [7, 11) is 1.52. The Morgan fingerprint density at radius 2 is 2.00 bits per heavy atom. The number of aromatic nitrogens is 2. The Bertz CT molecular complexity index is 947. The smallest absolute Gasteiger partial charge is 0.291 e. The van der Waals surface area contributed by atoms with Crippen LogP contribution in [0.1, 0.15) is 16.2 Å². The monoisotopic (exact) mass is 309 g/mol. The van der Waals surface area contributed by atoms with E-state index in [0.717, 1.165) is 5.56 Å². The molecular weight excluding hydrogens is 294 g/mol. The van der Waals surface area contributed by atoms with Gasteiger partial charge in [0.25, 0.3) is 11.5 Å². The van der Waals surface area contributed by atoms with Crippen molar-refractivity contribution < 1.29 is 9.53 Å². The van der Waals surface area contributed by atoms with Gasteiger partial charge in [-0.1, -0.05) is 18.2 Å². The van der Waals surface area contributed by atoms with Crippen molar-refractivity contribution >= 4 is 22.5 Å². The van der Waals surface area contributed by atoms with E-state index < -0.39 is 5.91 Å². The predicted octanol–water partition coefficient (Wildman–Crippen LogP) is 2.49. The van der Waals surface area contributed by atoms with E-state index in [2.05, 4.69) is 15.3 Å². The molecule has 0 spiro atoms. The van der Waals surface area contributed by atoms with Crippen LogP contribution in [0.15, 0.2) is 47.3 Å². The van der Waals surface area contributed by atoms with Crippen molar-refractivity contribution in [2.24, 2.45) is 0 Å². The summed E-state index contributed by atoms with van der Waals surface area (Å²) in [6.07, 6.45) is 0. The molecule has 1 aromatic heterocycles. The number of carbonyl (C=O) groups is 1. The van der Waals surface area contributed by atoms with Crippen LogP contribution in [-0.4, -0.2) is 23.0 Å². The van der Waals surface area contributed by atoms with Crippen LogP contribution < -0.4 is 15.6 Å². The molecule has 2 N–H and O–H groups in total. The number of H-pyrrole nitrogens is 1. The fourth-order valence-electron chi connectivity index (χ4n) is 2.29.